The van der Waals surface area contributed by atoms with E-state index in [1.165, 1.54) is 19.2 Å². The molecule has 0 atom stereocenters. The summed E-state index contributed by atoms with van der Waals surface area (Å²) in [5.74, 6) is 0.655. The molecule has 0 spiro atoms. The Hall–Kier alpha value is -2.64. The Kier molecular flexibility index (Phi) is 3.54. The van der Waals surface area contributed by atoms with Crippen molar-refractivity contribution >= 4 is 11.5 Å². The number of nitro benzene ring substituents is 1. The number of nitrogen functional groups attached to an aromatic ring is 1. The van der Waals surface area contributed by atoms with Crippen LogP contribution in [0.2, 0.25) is 0 Å². The van der Waals surface area contributed by atoms with Crippen molar-refractivity contribution < 1.29 is 9.66 Å². The summed E-state index contributed by atoms with van der Waals surface area (Å²) < 4.78 is 6.79. The molecule has 0 fully saturated rings. The Bertz CT molecular complexity index is 688. The smallest absolute Gasteiger partial charge is 0.273 e. The van der Waals surface area contributed by atoms with E-state index in [1.807, 2.05) is 20.8 Å². The van der Waals surface area contributed by atoms with E-state index in [0.717, 1.165) is 5.69 Å². The first-order valence-corrected chi connectivity index (χ1v) is 6.30. The largest absolute Gasteiger partial charge is 0.494 e. The van der Waals surface area contributed by atoms with Crippen LogP contribution in [0.3, 0.4) is 0 Å². The lowest BCUT2D eigenvalue weighted by molar-refractivity contribution is -0.384. The molecule has 0 aliphatic rings. The Balaban J connectivity index is 2.66. The minimum atomic E-state index is -0.479. The second-order valence-corrected chi connectivity index (χ2v) is 5.60. The van der Waals surface area contributed by atoms with Gasteiger partial charge in [0.15, 0.2) is 11.6 Å². The van der Waals surface area contributed by atoms with Gasteiger partial charge in [0.25, 0.3) is 5.69 Å². The van der Waals surface area contributed by atoms with E-state index in [-0.39, 0.29) is 11.1 Å². The van der Waals surface area contributed by atoms with E-state index in [9.17, 15) is 10.1 Å². The van der Waals surface area contributed by atoms with Crippen LogP contribution >= 0.6 is 0 Å². The first-order valence-electron chi connectivity index (χ1n) is 6.30. The van der Waals surface area contributed by atoms with Crippen LogP contribution in [0, 0.1) is 10.1 Å². The predicted molar refractivity (Wildman–Crippen MR) is 77.7 cm³/mol. The fourth-order valence-corrected chi connectivity index (χ4v) is 2.12. The SMILES string of the molecule is COc1cc([N+](=O)[O-])ccc1-n1nnc(N)c1C(C)(C)C. The standard InChI is InChI=1S/C13H17N5O3/c1-13(2,3)11-12(14)15-16-17(11)9-6-5-8(18(19)20)7-10(9)21-4/h5-7H,14H2,1-4H3. The molecular formula is C13H17N5O3. The number of non-ortho nitro benzene ring substituents is 1. The van der Waals surface area contributed by atoms with Gasteiger partial charge in [-0.25, -0.2) is 4.68 Å². The second-order valence-electron chi connectivity index (χ2n) is 5.60. The number of benzene rings is 1. The molecule has 8 nitrogen and oxygen atoms in total. The van der Waals surface area contributed by atoms with E-state index in [1.54, 1.807) is 10.7 Å². The fourth-order valence-electron chi connectivity index (χ4n) is 2.12. The fraction of sp³-hybridized carbons (Fsp3) is 0.385. The first-order chi connectivity index (χ1) is 9.75. The number of ether oxygens (including phenoxy) is 1. The molecule has 112 valence electrons. The third-order valence-electron chi connectivity index (χ3n) is 3.01. The van der Waals surface area contributed by atoms with Gasteiger partial charge in [-0.15, -0.1) is 5.10 Å². The molecule has 0 radical (unpaired) electrons. The summed E-state index contributed by atoms with van der Waals surface area (Å²) in [5, 5.41) is 18.8. The number of nitrogens with zero attached hydrogens (tertiary/aromatic N) is 4. The van der Waals surface area contributed by atoms with Gasteiger partial charge in [0.05, 0.1) is 23.8 Å². The molecule has 1 aromatic carbocycles. The molecule has 0 bridgehead atoms. The summed E-state index contributed by atoms with van der Waals surface area (Å²) >= 11 is 0. The molecule has 0 aliphatic carbocycles. The maximum absolute atomic E-state index is 10.8. The maximum atomic E-state index is 10.8. The monoisotopic (exact) mass is 291 g/mol. The van der Waals surface area contributed by atoms with Gasteiger partial charge in [-0.3, -0.25) is 10.1 Å². The molecule has 8 heteroatoms. The number of rotatable bonds is 3. The second kappa shape index (κ2) is 5.04. The molecule has 2 aromatic rings. The minimum absolute atomic E-state index is 0.0546. The normalized spacial score (nSPS) is 11.4. The van der Waals surface area contributed by atoms with Crippen molar-refractivity contribution in [3.05, 3.63) is 34.0 Å². The third kappa shape index (κ3) is 2.64. The highest BCUT2D eigenvalue weighted by atomic mass is 16.6. The van der Waals surface area contributed by atoms with Crippen LogP contribution in [0.25, 0.3) is 5.69 Å². The van der Waals surface area contributed by atoms with Crippen molar-refractivity contribution in [3.63, 3.8) is 0 Å². The Morgan fingerprint density at radius 1 is 1.38 bits per heavy atom. The van der Waals surface area contributed by atoms with Crippen LogP contribution in [0.1, 0.15) is 26.5 Å². The van der Waals surface area contributed by atoms with Gasteiger partial charge in [0.2, 0.25) is 0 Å². The number of nitro groups is 1. The molecule has 1 aromatic heterocycles. The first kappa shape index (κ1) is 14.8. The van der Waals surface area contributed by atoms with Gasteiger partial charge in [0.1, 0.15) is 5.69 Å². The van der Waals surface area contributed by atoms with Crippen molar-refractivity contribution in [2.75, 3.05) is 12.8 Å². The summed E-state index contributed by atoms with van der Waals surface area (Å²) in [6.07, 6.45) is 0. The van der Waals surface area contributed by atoms with Gasteiger partial charge in [-0.1, -0.05) is 26.0 Å². The number of nitrogens with two attached hydrogens (primary N) is 1. The van der Waals surface area contributed by atoms with Crippen LogP contribution < -0.4 is 10.5 Å². The molecule has 2 N–H and O–H groups in total. The Morgan fingerprint density at radius 2 is 2.05 bits per heavy atom. The highest BCUT2D eigenvalue weighted by Gasteiger charge is 2.26. The minimum Gasteiger partial charge on any atom is -0.494 e. The summed E-state index contributed by atoms with van der Waals surface area (Å²) in [6.45, 7) is 5.95. The summed E-state index contributed by atoms with van der Waals surface area (Å²) in [7, 11) is 1.44. The maximum Gasteiger partial charge on any atom is 0.273 e. The number of hydrogen-bond acceptors (Lipinski definition) is 6. The van der Waals surface area contributed by atoms with E-state index >= 15 is 0 Å². The topological polar surface area (TPSA) is 109 Å². The lowest BCUT2D eigenvalue weighted by Crippen LogP contribution is -2.19. The lowest BCUT2D eigenvalue weighted by Gasteiger charge is -2.20. The van der Waals surface area contributed by atoms with Crippen LogP contribution in [-0.2, 0) is 5.41 Å². The van der Waals surface area contributed by atoms with E-state index in [4.69, 9.17) is 10.5 Å². The molecule has 0 unspecified atom stereocenters. The van der Waals surface area contributed by atoms with Crippen molar-refractivity contribution in [1.82, 2.24) is 15.0 Å². The predicted octanol–water partition coefficient (Wildman–Crippen LogP) is 2.06. The van der Waals surface area contributed by atoms with Gasteiger partial charge in [0, 0.05) is 11.5 Å². The summed E-state index contributed by atoms with van der Waals surface area (Å²) in [6, 6.07) is 4.31. The lowest BCUT2D eigenvalue weighted by atomic mass is 9.91. The van der Waals surface area contributed by atoms with Gasteiger partial charge >= 0.3 is 0 Å². The number of methoxy groups -OCH3 is 1. The van der Waals surface area contributed by atoms with Crippen LogP contribution in [-0.4, -0.2) is 27.0 Å². The van der Waals surface area contributed by atoms with Crippen LogP contribution in [0.15, 0.2) is 18.2 Å². The van der Waals surface area contributed by atoms with Crippen molar-refractivity contribution in [2.24, 2.45) is 0 Å². The zero-order valence-corrected chi connectivity index (χ0v) is 12.3. The highest BCUT2D eigenvalue weighted by Crippen LogP contribution is 2.33. The van der Waals surface area contributed by atoms with Crippen molar-refractivity contribution in [2.45, 2.75) is 26.2 Å². The molecule has 1 heterocycles. The number of aromatic nitrogens is 3. The number of hydrogen-bond donors (Lipinski definition) is 1. The third-order valence-corrected chi connectivity index (χ3v) is 3.01. The molecule has 2 rings (SSSR count). The number of anilines is 1. The molecule has 0 aliphatic heterocycles. The summed E-state index contributed by atoms with van der Waals surface area (Å²) in [5.41, 5.74) is 6.82. The Morgan fingerprint density at radius 3 is 2.57 bits per heavy atom. The van der Waals surface area contributed by atoms with E-state index < -0.39 is 4.92 Å². The zero-order valence-electron chi connectivity index (χ0n) is 12.3. The van der Waals surface area contributed by atoms with Gasteiger partial charge in [-0.05, 0) is 6.07 Å². The zero-order chi connectivity index (χ0) is 15.8. The van der Waals surface area contributed by atoms with Crippen LogP contribution in [0.4, 0.5) is 11.5 Å². The molecule has 0 amide bonds. The molecular weight excluding hydrogens is 274 g/mol. The molecule has 21 heavy (non-hydrogen) atoms. The van der Waals surface area contributed by atoms with Crippen molar-refractivity contribution in [1.29, 1.82) is 0 Å². The van der Waals surface area contributed by atoms with E-state index in [0.29, 0.717) is 17.3 Å². The Labute approximate surface area is 121 Å². The van der Waals surface area contributed by atoms with E-state index in [2.05, 4.69) is 10.3 Å². The van der Waals surface area contributed by atoms with Crippen LogP contribution in [0.5, 0.6) is 5.75 Å². The van der Waals surface area contributed by atoms with Crippen molar-refractivity contribution in [3.8, 4) is 11.4 Å². The molecule has 0 saturated heterocycles. The van der Waals surface area contributed by atoms with Gasteiger partial charge < -0.3 is 10.5 Å². The average Bonchev–Trinajstić information content (AvgIpc) is 2.79. The molecule has 0 saturated carbocycles. The summed E-state index contributed by atoms with van der Waals surface area (Å²) in [4.78, 5) is 10.4. The van der Waals surface area contributed by atoms with Gasteiger partial charge in [-0.2, -0.15) is 0 Å². The average molecular weight is 291 g/mol. The highest BCUT2D eigenvalue weighted by molar-refractivity contribution is 5.55. The quantitative estimate of drug-likeness (QED) is 0.684.